The molecule has 8 saturated heterocycles. The quantitative estimate of drug-likeness (QED) is 0.284. The summed E-state index contributed by atoms with van der Waals surface area (Å²) in [5, 5.41) is 45.4. The fraction of sp³-hybridized carbons (Fsp3) is 0.851. The summed E-state index contributed by atoms with van der Waals surface area (Å²) in [6.07, 6.45) is 2.32. The van der Waals surface area contributed by atoms with Crippen LogP contribution in [0.25, 0.3) is 0 Å². The molecule has 9 rings (SSSR count). The topological polar surface area (TPSA) is 215 Å². The number of carboxylic acid groups (broad SMARTS) is 1. The van der Waals surface area contributed by atoms with Gasteiger partial charge in [-0.1, -0.05) is 37.6 Å². The monoisotopic (exact) mass is 888 g/mol. The minimum Gasteiger partial charge on any atom is -0.479 e. The van der Waals surface area contributed by atoms with Gasteiger partial charge < -0.3 is 63.1 Å². The maximum atomic E-state index is 14.1. The molecular formula is C47H68O16. The summed E-state index contributed by atoms with van der Waals surface area (Å²) in [4.78, 5) is 40.9. The molecule has 16 nitrogen and oxygen atoms in total. The van der Waals surface area contributed by atoms with Crippen molar-refractivity contribution in [2.45, 2.75) is 227 Å². The van der Waals surface area contributed by atoms with E-state index in [2.05, 4.69) is 13.0 Å². The molecule has 0 amide bonds. The lowest BCUT2D eigenvalue weighted by molar-refractivity contribution is -0.358. The molecule has 0 unspecified atom stereocenters. The fourth-order valence-electron chi connectivity index (χ4n) is 12.5. The van der Waals surface area contributed by atoms with Crippen LogP contribution in [0.2, 0.25) is 0 Å². The number of esters is 1. The Hall–Kier alpha value is -2.35. The Morgan fingerprint density at radius 3 is 2.37 bits per heavy atom. The summed E-state index contributed by atoms with van der Waals surface area (Å²) >= 11 is 0. The van der Waals surface area contributed by atoms with Crippen LogP contribution in [-0.2, 0) is 57.0 Å². The van der Waals surface area contributed by atoms with Gasteiger partial charge in [-0.05, 0) is 90.9 Å². The number of carboxylic acids is 1. The molecular weight excluding hydrogens is 821 g/mol. The summed E-state index contributed by atoms with van der Waals surface area (Å²) < 4.78 is 58.2. The lowest BCUT2D eigenvalue weighted by atomic mass is 9.87. The maximum Gasteiger partial charge on any atom is 0.336 e. The van der Waals surface area contributed by atoms with Crippen LogP contribution in [0.1, 0.15) is 131 Å². The van der Waals surface area contributed by atoms with Crippen molar-refractivity contribution < 1.29 is 77.4 Å². The molecule has 9 aliphatic rings. The zero-order valence-electron chi connectivity index (χ0n) is 37.5. The lowest BCUT2D eigenvalue weighted by Crippen LogP contribution is -2.60. The van der Waals surface area contributed by atoms with E-state index in [1.807, 2.05) is 32.9 Å². The first-order valence-corrected chi connectivity index (χ1v) is 23.5. The van der Waals surface area contributed by atoms with E-state index < -0.39 is 113 Å². The van der Waals surface area contributed by atoms with Gasteiger partial charge in [0.25, 0.3) is 0 Å². The Morgan fingerprint density at radius 2 is 1.59 bits per heavy atom. The third-order valence-electron chi connectivity index (χ3n) is 16.0. The van der Waals surface area contributed by atoms with Crippen molar-refractivity contribution in [1.29, 1.82) is 0 Å². The van der Waals surface area contributed by atoms with Crippen molar-refractivity contribution >= 4 is 17.7 Å². The smallest absolute Gasteiger partial charge is 0.336 e. The van der Waals surface area contributed by atoms with E-state index in [-0.39, 0.29) is 56.3 Å². The second-order valence-corrected chi connectivity index (χ2v) is 21.1. The number of hydrogen-bond donors (Lipinski definition) is 4. The van der Waals surface area contributed by atoms with Gasteiger partial charge in [0.15, 0.2) is 23.0 Å². The molecule has 0 saturated carbocycles. The molecule has 19 atom stereocenters. The van der Waals surface area contributed by atoms with Crippen LogP contribution in [0.4, 0.5) is 0 Å². The van der Waals surface area contributed by atoms with Gasteiger partial charge in [-0.25, -0.2) is 4.79 Å². The zero-order chi connectivity index (χ0) is 44.9. The highest BCUT2D eigenvalue weighted by Gasteiger charge is 2.68. The number of carbonyl (C=O) groups is 3. The van der Waals surface area contributed by atoms with Gasteiger partial charge in [0.1, 0.15) is 48.3 Å². The van der Waals surface area contributed by atoms with E-state index in [9.17, 15) is 34.8 Å². The highest BCUT2D eigenvalue weighted by atomic mass is 16.8. The first-order chi connectivity index (χ1) is 29.7. The Labute approximate surface area is 369 Å². The number of aliphatic hydroxyl groups excluding tert-OH is 2. The van der Waals surface area contributed by atoms with Crippen molar-refractivity contribution in [1.82, 2.24) is 0 Å². The highest BCUT2D eigenvalue weighted by Crippen LogP contribution is 2.55. The molecule has 0 aromatic heterocycles. The van der Waals surface area contributed by atoms with Crippen molar-refractivity contribution in [3.63, 3.8) is 0 Å². The Morgan fingerprint density at radius 1 is 0.810 bits per heavy atom. The molecule has 4 N–H and O–H groups in total. The highest BCUT2D eigenvalue weighted by molar-refractivity contribution is 5.87. The van der Waals surface area contributed by atoms with Gasteiger partial charge in [-0.15, -0.1) is 0 Å². The second kappa shape index (κ2) is 16.5. The van der Waals surface area contributed by atoms with Crippen LogP contribution in [0, 0.1) is 17.8 Å². The summed E-state index contributed by atoms with van der Waals surface area (Å²) in [5.74, 6) is -7.29. The van der Waals surface area contributed by atoms with Gasteiger partial charge in [0.2, 0.25) is 5.79 Å². The number of fused-ring (bicyclic) bond motifs is 10. The minimum atomic E-state index is -1.99. The summed E-state index contributed by atoms with van der Waals surface area (Å²) in [6.45, 7) is 11.6. The molecule has 0 aromatic rings. The van der Waals surface area contributed by atoms with Gasteiger partial charge in [0, 0.05) is 38.5 Å². The van der Waals surface area contributed by atoms with E-state index >= 15 is 0 Å². The second-order valence-electron chi connectivity index (χ2n) is 21.1. The third-order valence-corrected chi connectivity index (χ3v) is 16.0. The molecule has 10 bridgehead atoms. The molecule has 0 radical (unpaired) electrons. The molecule has 9 aliphatic heterocycles. The van der Waals surface area contributed by atoms with Crippen molar-refractivity contribution in [3.8, 4) is 0 Å². The van der Waals surface area contributed by atoms with E-state index in [0.717, 1.165) is 5.57 Å². The van der Waals surface area contributed by atoms with Crippen molar-refractivity contribution in [3.05, 3.63) is 23.8 Å². The average molecular weight is 889 g/mol. The van der Waals surface area contributed by atoms with Crippen LogP contribution in [-0.4, -0.2) is 140 Å². The van der Waals surface area contributed by atoms with Crippen LogP contribution < -0.4 is 0 Å². The Kier molecular flexibility index (Phi) is 12.0. The predicted octanol–water partition coefficient (Wildman–Crippen LogP) is 4.32. The molecule has 8 fully saturated rings. The number of ether oxygens (including phenoxy) is 9. The number of hydrogen-bond acceptors (Lipinski definition) is 15. The Bertz CT molecular complexity index is 1860. The molecule has 0 aromatic carbocycles. The van der Waals surface area contributed by atoms with Gasteiger partial charge >= 0.3 is 11.9 Å². The Balaban J connectivity index is 1.01. The van der Waals surface area contributed by atoms with E-state index in [4.69, 9.17) is 42.6 Å². The molecule has 2 spiro atoms. The number of aliphatic carboxylic acids is 1. The first-order valence-electron chi connectivity index (χ1n) is 23.5. The average Bonchev–Trinajstić information content (AvgIpc) is 4.06. The fourth-order valence-corrected chi connectivity index (χ4v) is 12.5. The van der Waals surface area contributed by atoms with E-state index in [0.29, 0.717) is 57.8 Å². The third kappa shape index (κ3) is 8.18. The summed E-state index contributed by atoms with van der Waals surface area (Å²) in [5.41, 5.74) is -2.63. The zero-order valence-corrected chi connectivity index (χ0v) is 37.5. The molecule has 352 valence electrons. The van der Waals surface area contributed by atoms with Crippen LogP contribution in [0.5, 0.6) is 0 Å². The summed E-state index contributed by atoms with van der Waals surface area (Å²) in [7, 11) is 0. The number of rotatable bonds is 2. The molecule has 9 heterocycles. The SMILES string of the molecule is CC1=C/[C@H](C)C[C@@]2(C)CC[C@@H](O2)[C@@]23CC[C@@](C(=O)O)(C[C@@H](O2)[C@H]2O[C@](C)(CC2=O)[C@@H](O)[C@@H]2CC[C@]4(CCC[C@H](O4)[C@@H](C)C(=O)O[C@@H]4C[C@@H]([C@@]5(O)OCC[C@@H](C)[C@H]5O)O[C@@H]4\C=C\1)O2)O3. The van der Waals surface area contributed by atoms with Crippen LogP contribution in [0.15, 0.2) is 23.8 Å². The van der Waals surface area contributed by atoms with Gasteiger partial charge in [-0.3, -0.25) is 9.59 Å². The van der Waals surface area contributed by atoms with Gasteiger partial charge in [-0.2, -0.15) is 0 Å². The van der Waals surface area contributed by atoms with Crippen LogP contribution in [0.3, 0.4) is 0 Å². The number of Topliss-reactive ketones (excluding diaryl/α,β-unsaturated/α-hetero) is 1. The van der Waals surface area contributed by atoms with E-state index in [1.54, 1.807) is 13.8 Å². The van der Waals surface area contributed by atoms with Crippen molar-refractivity contribution in [2.24, 2.45) is 17.8 Å². The minimum absolute atomic E-state index is 0.0310. The predicted molar refractivity (Wildman–Crippen MR) is 220 cm³/mol. The number of aliphatic hydroxyl groups is 3. The number of allylic oxidation sites excluding steroid dienone is 3. The van der Waals surface area contributed by atoms with E-state index in [1.165, 1.54) is 0 Å². The standard InChI is InChI=1S/C47H68O16/c1-25-9-10-31-33(21-36(56-31)47(54)38(49)27(3)13-19-55-47)57-40(51)28(4)30-8-7-14-45(58-30)16-11-32(59-45)39(50)43(6)23-29(48)37(62-43)34-24-44(41(52)53)17-18-46(60-34,63-44)35-12-15-42(5,61-35)22-26(2)20-25/h9-10,20,26-28,30-39,49-50,54H,7-8,11-19,21-24H2,1-6H3,(H,52,53)/b10-9+,25-20-/t26-,27+,28+,30-,31+,32-,33+,34+,35+,36-,37-,38+,39-,42+,43+,44-,45-,46-,47+/m0/s1. The molecule has 0 aliphatic carbocycles. The molecule has 63 heavy (non-hydrogen) atoms. The van der Waals surface area contributed by atoms with Gasteiger partial charge in [0.05, 0.1) is 36.4 Å². The molecule has 16 heteroatoms. The lowest BCUT2D eigenvalue weighted by Gasteiger charge is -2.46. The number of ketones is 1. The largest absolute Gasteiger partial charge is 0.479 e. The number of carbonyl (C=O) groups excluding carboxylic acids is 2. The maximum absolute atomic E-state index is 14.1. The van der Waals surface area contributed by atoms with Crippen LogP contribution >= 0.6 is 0 Å². The summed E-state index contributed by atoms with van der Waals surface area (Å²) in [6, 6.07) is 0. The normalized spacial score (nSPS) is 54.2. The first kappa shape index (κ1) is 45.8. The van der Waals surface area contributed by atoms with Crippen molar-refractivity contribution in [2.75, 3.05) is 6.61 Å².